The van der Waals surface area contributed by atoms with Crippen molar-refractivity contribution in [1.29, 1.82) is 5.26 Å². The molecule has 3 aromatic rings. The van der Waals surface area contributed by atoms with Crippen LogP contribution in [0.15, 0.2) is 77.9 Å². The van der Waals surface area contributed by atoms with Crippen molar-refractivity contribution in [3.05, 3.63) is 88.9 Å². The van der Waals surface area contributed by atoms with Gasteiger partial charge in [-0.1, -0.05) is 48.0 Å². The highest BCUT2D eigenvalue weighted by atomic mass is 35.5. The van der Waals surface area contributed by atoms with E-state index in [-0.39, 0.29) is 12.5 Å². The van der Waals surface area contributed by atoms with Gasteiger partial charge in [-0.2, -0.15) is 10.4 Å². The summed E-state index contributed by atoms with van der Waals surface area (Å²) in [5.41, 5.74) is 5.80. The number of carbonyl (C=O) groups excluding carboxylic acids is 1. The molecule has 138 valence electrons. The first-order valence-corrected chi connectivity index (χ1v) is 8.83. The normalized spacial score (nSPS) is 10.4. The topological polar surface area (TPSA) is 74.5 Å². The lowest BCUT2D eigenvalue weighted by atomic mass is 10.0. The van der Waals surface area contributed by atoms with Crippen LogP contribution in [0, 0.1) is 11.3 Å². The zero-order valence-electron chi connectivity index (χ0n) is 14.8. The molecule has 0 aliphatic rings. The van der Waals surface area contributed by atoms with Crippen LogP contribution in [-0.2, 0) is 4.79 Å². The lowest BCUT2D eigenvalue weighted by molar-refractivity contribution is -0.123. The summed E-state index contributed by atoms with van der Waals surface area (Å²) in [4.78, 5) is 11.8. The number of ether oxygens (including phenoxy) is 1. The SMILES string of the molecule is N#Cc1ccc(-c2ccc(OCC(=O)N/N=C/c3cccc(Cl)c3)cc2)cc1. The summed E-state index contributed by atoms with van der Waals surface area (Å²) in [7, 11) is 0. The van der Waals surface area contributed by atoms with Gasteiger partial charge in [-0.15, -0.1) is 0 Å². The van der Waals surface area contributed by atoms with E-state index in [2.05, 4.69) is 16.6 Å². The minimum absolute atomic E-state index is 0.150. The minimum Gasteiger partial charge on any atom is -0.484 e. The standard InChI is InChI=1S/C22H16ClN3O2/c23-20-3-1-2-17(12-20)14-25-26-22(27)15-28-21-10-8-19(9-11-21)18-6-4-16(13-24)5-7-18/h1-12,14H,15H2,(H,26,27)/b25-14+. The minimum atomic E-state index is -0.366. The Bertz CT molecular complexity index is 1020. The molecule has 6 heteroatoms. The third kappa shape index (κ3) is 5.44. The molecule has 0 unspecified atom stereocenters. The van der Waals surface area contributed by atoms with Crippen molar-refractivity contribution in [2.75, 3.05) is 6.61 Å². The van der Waals surface area contributed by atoms with Crippen molar-refractivity contribution in [2.24, 2.45) is 5.10 Å². The Morgan fingerprint density at radius 2 is 1.75 bits per heavy atom. The van der Waals surface area contributed by atoms with Gasteiger partial charge in [0.15, 0.2) is 6.61 Å². The molecule has 0 aliphatic carbocycles. The molecule has 1 amide bonds. The predicted molar refractivity (Wildman–Crippen MR) is 109 cm³/mol. The van der Waals surface area contributed by atoms with Crippen LogP contribution >= 0.6 is 11.6 Å². The van der Waals surface area contributed by atoms with E-state index in [1.54, 1.807) is 42.5 Å². The largest absolute Gasteiger partial charge is 0.484 e. The van der Waals surface area contributed by atoms with Crippen molar-refractivity contribution in [3.63, 3.8) is 0 Å². The molecule has 28 heavy (non-hydrogen) atoms. The maximum atomic E-state index is 11.8. The number of hydrazone groups is 1. The van der Waals surface area contributed by atoms with E-state index in [4.69, 9.17) is 21.6 Å². The quantitative estimate of drug-likeness (QED) is 0.501. The molecule has 0 aliphatic heterocycles. The maximum absolute atomic E-state index is 11.8. The van der Waals surface area contributed by atoms with E-state index in [0.29, 0.717) is 16.3 Å². The van der Waals surface area contributed by atoms with Crippen LogP contribution in [0.25, 0.3) is 11.1 Å². The number of hydrogen-bond donors (Lipinski definition) is 1. The number of amides is 1. The van der Waals surface area contributed by atoms with Gasteiger partial charge in [0.05, 0.1) is 17.8 Å². The fourth-order valence-electron chi connectivity index (χ4n) is 2.43. The number of rotatable bonds is 6. The van der Waals surface area contributed by atoms with Crippen LogP contribution in [-0.4, -0.2) is 18.7 Å². The fourth-order valence-corrected chi connectivity index (χ4v) is 2.63. The van der Waals surface area contributed by atoms with Crippen LogP contribution in [0.4, 0.5) is 0 Å². The second-order valence-corrected chi connectivity index (χ2v) is 6.29. The third-order valence-electron chi connectivity index (χ3n) is 3.82. The fraction of sp³-hybridized carbons (Fsp3) is 0.0455. The second-order valence-electron chi connectivity index (χ2n) is 5.85. The summed E-state index contributed by atoms with van der Waals surface area (Å²) in [6.07, 6.45) is 1.51. The van der Waals surface area contributed by atoms with Gasteiger partial charge in [-0.25, -0.2) is 5.43 Å². The zero-order chi connectivity index (χ0) is 19.8. The lowest BCUT2D eigenvalue weighted by Gasteiger charge is -2.07. The van der Waals surface area contributed by atoms with E-state index >= 15 is 0 Å². The Kier molecular flexibility index (Phi) is 6.40. The average molecular weight is 390 g/mol. The molecular formula is C22H16ClN3O2. The van der Waals surface area contributed by atoms with E-state index in [9.17, 15) is 4.79 Å². The van der Waals surface area contributed by atoms with Crippen molar-refractivity contribution < 1.29 is 9.53 Å². The highest BCUT2D eigenvalue weighted by molar-refractivity contribution is 6.30. The molecule has 0 spiro atoms. The molecule has 3 rings (SSSR count). The molecule has 0 saturated carbocycles. The van der Waals surface area contributed by atoms with E-state index in [0.717, 1.165) is 16.7 Å². The number of halogens is 1. The molecule has 0 fully saturated rings. The van der Waals surface area contributed by atoms with Crippen molar-refractivity contribution >= 4 is 23.7 Å². The highest BCUT2D eigenvalue weighted by Gasteiger charge is 2.03. The summed E-state index contributed by atoms with van der Waals surface area (Å²) < 4.78 is 5.47. The summed E-state index contributed by atoms with van der Waals surface area (Å²) in [6.45, 7) is -0.150. The Morgan fingerprint density at radius 3 is 2.39 bits per heavy atom. The van der Waals surface area contributed by atoms with Gasteiger partial charge in [0.25, 0.3) is 5.91 Å². The monoisotopic (exact) mass is 389 g/mol. The van der Waals surface area contributed by atoms with Crippen molar-refractivity contribution in [2.45, 2.75) is 0 Å². The number of hydrogen-bond acceptors (Lipinski definition) is 4. The molecule has 1 N–H and O–H groups in total. The third-order valence-corrected chi connectivity index (χ3v) is 4.06. The Labute approximate surface area is 167 Å². The predicted octanol–water partition coefficient (Wildman–Crippen LogP) is 4.41. The van der Waals surface area contributed by atoms with E-state index in [1.807, 2.05) is 30.3 Å². The van der Waals surface area contributed by atoms with Gasteiger partial charge in [0.2, 0.25) is 0 Å². The molecule has 0 heterocycles. The maximum Gasteiger partial charge on any atom is 0.277 e. The molecular weight excluding hydrogens is 374 g/mol. The summed E-state index contributed by atoms with van der Waals surface area (Å²) in [5, 5.41) is 13.3. The van der Waals surface area contributed by atoms with Gasteiger partial charge in [0.1, 0.15) is 5.75 Å². The Hall–Kier alpha value is -3.62. The molecule has 0 saturated heterocycles. The van der Waals surface area contributed by atoms with Gasteiger partial charge in [0, 0.05) is 5.02 Å². The number of benzene rings is 3. The second kappa shape index (κ2) is 9.36. The summed E-state index contributed by atoms with van der Waals surface area (Å²) in [6, 6.07) is 23.9. The van der Waals surface area contributed by atoms with Crippen LogP contribution < -0.4 is 10.2 Å². The first-order chi connectivity index (χ1) is 13.6. The first kappa shape index (κ1) is 19.2. The Balaban J connectivity index is 1.50. The molecule has 3 aromatic carbocycles. The number of carbonyl (C=O) groups is 1. The van der Waals surface area contributed by atoms with Crippen LogP contribution in [0.3, 0.4) is 0 Å². The van der Waals surface area contributed by atoms with Crippen molar-refractivity contribution in [3.8, 4) is 22.9 Å². The van der Waals surface area contributed by atoms with E-state index in [1.165, 1.54) is 6.21 Å². The van der Waals surface area contributed by atoms with Gasteiger partial charge in [-0.3, -0.25) is 4.79 Å². The number of nitrogens with one attached hydrogen (secondary N) is 1. The lowest BCUT2D eigenvalue weighted by Crippen LogP contribution is -2.24. The van der Waals surface area contributed by atoms with Gasteiger partial charge in [-0.05, 0) is 53.1 Å². The van der Waals surface area contributed by atoms with Crippen LogP contribution in [0.1, 0.15) is 11.1 Å². The van der Waals surface area contributed by atoms with Crippen LogP contribution in [0.2, 0.25) is 5.02 Å². The average Bonchev–Trinajstić information content (AvgIpc) is 2.73. The zero-order valence-corrected chi connectivity index (χ0v) is 15.6. The summed E-state index contributed by atoms with van der Waals surface area (Å²) >= 11 is 5.89. The molecule has 5 nitrogen and oxygen atoms in total. The Morgan fingerprint density at radius 1 is 1.07 bits per heavy atom. The number of nitriles is 1. The molecule has 0 radical (unpaired) electrons. The van der Waals surface area contributed by atoms with Gasteiger partial charge >= 0.3 is 0 Å². The smallest absolute Gasteiger partial charge is 0.277 e. The van der Waals surface area contributed by atoms with Gasteiger partial charge < -0.3 is 4.74 Å². The highest BCUT2D eigenvalue weighted by Crippen LogP contribution is 2.22. The van der Waals surface area contributed by atoms with E-state index < -0.39 is 0 Å². The summed E-state index contributed by atoms with van der Waals surface area (Å²) in [5.74, 6) is 0.209. The molecule has 0 bridgehead atoms. The van der Waals surface area contributed by atoms with Crippen LogP contribution in [0.5, 0.6) is 5.75 Å². The van der Waals surface area contributed by atoms with Crippen molar-refractivity contribution in [1.82, 2.24) is 5.43 Å². The first-order valence-electron chi connectivity index (χ1n) is 8.45. The molecule has 0 atom stereocenters. The molecule has 0 aromatic heterocycles. The number of nitrogens with zero attached hydrogens (tertiary/aromatic N) is 2.